The topological polar surface area (TPSA) is 29.9 Å². The Morgan fingerprint density at radius 2 is 2.56 bits per heavy atom. The largest absolute Gasteiger partial charge is 0.335 e. The van der Waals surface area contributed by atoms with E-state index >= 15 is 0 Å². The third-order valence-electron chi connectivity index (χ3n) is 3.12. The zero-order valence-electron chi connectivity index (χ0n) is 10.1. The van der Waals surface area contributed by atoms with Crippen LogP contribution in [0.1, 0.15) is 19.2 Å². The summed E-state index contributed by atoms with van der Waals surface area (Å²) in [5.41, 5.74) is 0. The quantitative estimate of drug-likeness (QED) is 0.851. The normalized spacial score (nSPS) is 22.5. The van der Waals surface area contributed by atoms with Crippen LogP contribution < -0.4 is 5.32 Å². The van der Waals surface area contributed by atoms with Crippen LogP contribution in [0.3, 0.4) is 0 Å². The Morgan fingerprint density at radius 3 is 3.19 bits per heavy atom. The third-order valence-corrected chi connectivity index (χ3v) is 4.28. The van der Waals surface area contributed by atoms with E-state index in [1.807, 2.05) is 6.20 Å². The van der Waals surface area contributed by atoms with Gasteiger partial charge in [-0.2, -0.15) is 11.8 Å². The first-order valence-electron chi connectivity index (χ1n) is 6.04. The first-order chi connectivity index (χ1) is 7.75. The van der Waals surface area contributed by atoms with Crippen LogP contribution in [0, 0.1) is 12.8 Å². The number of hydrogen-bond donors (Lipinski definition) is 1. The number of thioether (sulfide) groups is 1. The molecule has 2 atom stereocenters. The van der Waals surface area contributed by atoms with Crippen LogP contribution in [-0.2, 0) is 6.54 Å². The summed E-state index contributed by atoms with van der Waals surface area (Å²) in [6, 6.07) is 0.747. The molecular weight excluding hydrogens is 218 g/mol. The molecule has 3 nitrogen and oxygen atoms in total. The highest BCUT2D eigenvalue weighted by atomic mass is 32.2. The standard InChI is InChI=1S/C12H21N3S/c1-10(7-14-12-3-6-16-9-12)8-15-5-4-13-11(15)2/h4-5,10,12,14H,3,6-9H2,1-2H3. The zero-order valence-corrected chi connectivity index (χ0v) is 11.0. The lowest BCUT2D eigenvalue weighted by Crippen LogP contribution is -2.33. The highest BCUT2D eigenvalue weighted by molar-refractivity contribution is 7.99. The van der Waals surface area contributed by atoms with Crippen LogP contribution in [-0.4, -0.2) is 33.6 Å². The smallest absolute Gasteiger partial charge is 0.105 e. The van der Waals surface area contributed by atoms with Gasteiger partial charge in [-0.3, -0.25) is 0 Å². The predicted octanol–water partition coefficient (Wildman–Crippen LogP) is 1.92. The van der Waals surface area contributed by atoms with E-state index in [9.17, 15) is 0 Å². The van der Waals surface area contributed by atoms with Gasteiger partial charge in [-0.1, -0.05) is 6.92 Å². The first kappa shape index (κ1) is 12.0. The molecule has 0 radical (unpaired) electrons. The molecule has 2 unspecified atom stereocenters. The van der Waals surface area contributed by atoms with Crippen molar-refractivity contribution in [2.75, 3.05) is 18.1 Å². The number of hydrogen-bond acceptors (Lipinski definition) is 3. The van der Waals surface area contributed by atoms with Gasteiger partial charge in [-0.05, 0) is 31.6 Å². The summed E-state index contributed by atoms with van der Waals surface area (Å²) in [5, 5.41) is 3.66. The summed E-state index contributed by atoms with van der Waals surface area (Å²) < 4.78 is 2.23. The SMILES string of the molecule is Cc1nccn1CC(C)CNC1CCSC1. The van der Waals surface area contributed by atoms with Gasteiger partial charge >= 0.3 is 0 Å². The van der Waals surface area contributed by atoms with Gasteiger partial charge in [0.15, 0.2) is 0 Å². The molecule has 0 spiro atoms. The maximum absolute atomic E-state index is 4.25. The molecule has 2 rings (SSSR count). The molecule has 0 bridgehead atoms. The summed E-state index contributed by atoms with van der Waals surface area (Å²) in [6.45, 7) is 6.55. The molecule has 0 amide bonds. The molecule has 1 N–H and O–H groups in total. The minimum atomic E-state index is 0.665. The van der Waals surface area contributed by atoms with Gasteiger partial charge in [0, 0.05) is 30.7 Å². The van der Waals surface area contributed by atoms with Crippen molar-refractivity contribution in [1.82, 2.24) is 14.9 Å². The van der Waals surface area contributed by atoms with Crippen LogP contribution in [0.2, 0.25) is 0 Å². The lowest BCUT2D eigenvalue weighted by Gasteiger charge is -2.17. The average molecular weight is 239 g/mol. The molecular formula is C12H21N3S. The molecule has 2 heterocycles. The number of nitrogens with zero attached hydrogens (tertiary/aromatic N) is 2. The molecule has 16 heavy (non-hydrogen) atoms. The molecule has 0 saturated carbocycles. The molecule has 1 aliphatic heterocycles. The van der Waals surface area contributed by atoms with E-state index in [0.29, 0.717) is 5.92 Å². The maximum Gasteiger partial charge on any atom is 0.105 e. The van der Waals surface area contributed by atoms with E-state index in [0.717, 1.165) is 25.0 Å². The van der Waals surface area contributed by atoms with Crippen LogP contribution in [0.15, 0.2) is 12.4 Å². The van der Waals surface area contributed by atoms with Gasteiger partial charge in [-0.15, -0.1) is 0 Å². The van der Waals surface area contributed by atoms with Crippen LogP contribution >= 0.6 is 11.8 Å². The molecule has 4 heteroatoms. The summed E-state index contributed by atoms with van der Waals surface area (Å²) in [6.07, 6.45) is 5.28. The predicted molar refractivity (Wildman–Crippen MR) is 69.9 cm³/mol. The Labute approximate surface area is 102 Å². The average Bonchev–Trinajstić information content (AvgIpc) is 2.88. The van der Waals surface area contributed by atoms with Crippen LogP contribution in [0.4, 0.5) is 0 Å². The van der Waals surface area contributed by atoms with Gasteiger partial charge in [-0.25, -0.2) is 4.98 Å². The Balaban J connectivity index is 1.71. The highest BCUT2D eigenvalue weighted by Gasteiger charge is 2.15. The van der Waals surface area contributed by atoms with Crippen molar-refractivity contribution in [3.05, 3.63) is 18.2 Å². The first-order valence-corrected chi connectivity index (χ1v) is 7.20. The van der Waals surface area contributed by atoms with Crippen molar-refractivity contribution in [1.29, 1.82) is 0 Å². The van der Waals surface area contributed by atoms with Crippen molar-refractivity contribution >= 4 is 11.8 Å². The summed E-state index contributed by atoms with van der Waals surface area (Å²) in [5.74, 6) is 4.39. The number of aromatic nitrogens is 2. The number of aryl methyl sites for hydroxylation is 1. The number of rotatable bonds is 5. The van der Waals surface area contributed by atoms with Gasteiger partial charge < -0.3 is 9.88 Å². The van der Waals surface area contributed by atoms with Crippen molar-refractivity contribution in [2.24, 2.45) is 5.92 Å². The molecule has 0 aliphatic carbocycles. The minimum absolute atomic E-state index is 0.665. The van der Waals surface area contributed by atoms with Gasteiger partial charge in [0.05, 0.1) is 0 Å². The maximum atomic E-state index is 4.25. The van der Waals surface area contributed by atoms with E-state index in [1.54, 1.807) is 0 Å². The second kappa shape index (κ2) is 5.73. The molecule has 1 aliphatic rings. The second-order valence-corrected chi connectivity index (χ2v) is 5.85. The molecule has 1 fully saturated rings. The lowest BCUT2D eigenvalue weighted by molar-refractivity contribution is 0.415. The highest BCUT2D eigenvalue weighted by Crippen LogP contribution is 2.17. The van der Waals surface area contributed by atoms with E-state index in [4.69, 9.17) is 0 Å². The second-order valence-electron chi connectivity index (χ2n) is 4.70. The van der Waals surface area contributed by atoms with Gasteiger partial charge in [0.1, 0.15) is 5.82 Å². The molecule has 1 saturated heterocycles. The van der Waals surface area contributed by atoms with Gasteiger partial charge in [0.25, 0.3) is 0 Å². The van der Waals surface area contributed by atoms with E-state index in [2.05, 4.69) is 46.7 Å². The molecule has 90 valence electrons. The monoisotopic (exact) mass is 239 g/mol. The lowest BCUT2D eigenvalue weighted by atomic mass is 10.1. The van der Waals surface area contributed by atoms with E-state index < -0.39 is 0 Å². The summed E-state index contributed by atoms with van der Waals surface area (Å²) in [7, 11) is 0. The Bertz CT molecular complexity index is 318. The van der Waals surface area contributed by atoms with Crippen LogP contribution in [0.25, 0.3) is 0 Å². The molecule has 1 aromatic heterocycles. The summed E-state index contributed by atoms with van der Waals surface area (Å²) >= 11 is 2.06. The Hall–Kier alpha value is -0.480. The Kier molecular flexibility index (Phi) is 4.29. The van der Waals surface area contributed by atoms with Crippen LogP contribution in [0.5, 0.6) is 0 Å². The summed E-state index contributed by atoms with van der Waals surface area (Å²) in [4.78, 5) is 4.25. The fraction of sp³-hybridized carbons (Fsp3) is 0.750. The van der Waals surface area contributed by atoms with Crippen molar-refractivity contribution in [3.8, 4) is 0 Å². The number of imidazole rings is 1. The fourth-order valence-electron chi connectivity index (χ4n) is 2.06. The third kappa shape index (κ3) is 3.25. The Morgan fingerprint density at radius 1 is 1.69 bits per heavy atom. The molecule has 1 aromatic rings. The fourth-order valence-corrected chi connectivity index (χ4v) is 3.25. The number of nitrogens with one attached hydrogen (secondary N) is 1. The van der Waals surface area contributed by atoms with Crippen molar-refractivity contribution in [2.45, 2.75) is 32.9 Å². The minimum Gasteiger partial charge on any atom is -0.335 e. The van der Waals surface area contributed by atoms with Gasteiger partial charge in [0.2, 0.25) is 0 Å². The van der Waals surface area contributed by atoms with E-state index in [-0.39, 0.29) is 0 Å². The van der Waals surface area contributed by atoms with Crippen molar-refractivity contribution < 1.29 is 0 Å². The van der Waals surface area contributed by atoms with E-state index in [1.165, 1.54) is 17.9 Å². The van der Waals surface area contributed by atoms with Crippen molar-refractivity contribution in [3.63, 3.8) is 0 Å². The molecule has 0 aromatic carbocycles. The zero-order chi connectivity index (χ0) is 11.4.